The fourth-order valence-electron chi connectivity index (χ4n) is 5.54. The Balaban J connectivity index is 1.96. The minimum absolute atomic E-state index is 0.0373. The van der Waals surface area contributed by atoms with Crippen LogP contribution in [-0.4, -0.2) is 18.6 Å². The van der Waals surface area contributed by atoms with Crippen molar-refractivity contribution in [1.29, 1.82) is 0 Å². The summed E-state index contributed by atoms with van der Waals surface area (Å²) in [6.45, 7) is 11.6. The molecule has 0 amide bonds. The van der Waals surface area contributed by atoms with Gasteiger partial charge in [-0.1, -0.05) is 64.3 Å². The van der Waals surface area contributed by atoms with Crippen molar-refractivity contribution in [3.05, 3.63) is 58.1 Å². The van der Waals surface area contributed by atoms with Crippen molar-refractivity contribution in [3.8, 4) is 0 Å². The van der Waals surface area contributed by atoms with Gasteiger partial charge in [0.1, 0.15) is 0 Å². The topological polar surface area (TPSA) is 29.5 Å². The van der Waals surface area contributed by atoms with E-state index in [0.29, 0.717) is 10.6 Å². The van der Waals surface area contributed by atoms with Gasteiger partial charge in [-0.25, -0.2) is 4.79 Å². The van der Waals surface area contributed by atoms with Crippen molar-refractivity contribution in [2.75, 3.05) is 12.0 Å². The third-order valence-corrected chi connectivity index (χ3v) is 7.75. The van der Waals surface area contributed by atoms with E-state index >= 15 is 0 Å². The molecule has 0 saturated heterocycles. The van der Waals surface area contributed by atoms with Gasteiger partial charge >= 0.3 is 5.97 Å². The van der Waals surface area contributed by atoms with E-state index in [0.717, 1.165) is 18.5 Å². The summed E-state index contributed by atoms with van der Waals surface area (Å²) < 4.78 is 4.97. The van der Waals surface area contributed by atoms with Crippen LogP contribution in [0.25, 0.3) is 0 Å². The van der Waals surface area contributed by atoms with Crippen LogP contribution in [0.3, 0.4) is 0 Å². The minimum Gasteiger partial charge on any atom is -0.465 e. The van der Waals surface area contributed by atoms with E-state index < -0.39 is 0 Å². The summed E-state index contributed by atoms with van der Waals surface area (Å²) in [5.41, 5.74) is 5.50. The Kier molecular flexibility index (Phi) is 4.97. The van der Waals surface area contributed by atoms with Crippen LogP contribution < -0.4 is 4.90 Å². The van der Waals surface area contributed by atoms with Gasteiger partial charge in [-0.3, -0.25) is 0 Å². The van der Waals surface area contributed by atoms with Crippen molar-refractivity contribution in [2.45, 2.75) is 76.7 Å². The maximum atomic E-state index is 12.3. The number of carbonyl (C=O) groups is 1. The van der Waals surface area contributed by atoms with E-state index in [1.54, 1.807) is 6.07 Å². The van der Waals surface area contributed by atoms with Crippen LogP contribution in [0.4, 0.5) is 11.4 Å². The first-order chi connectivity index (χ1) is 14.0. The monoisotopic (exact) mass is 425 g/mol. The smallest absolute Gasteiger partial charge is 0.337 e. The van der Waals surface area contributed by atoms with Gasteiger partial charge in [0.05, 0.1) is 18.2 Å². The van der Waals surface area contributed by atoms with Crippen LogP contribution in [0.1, 0.15) is 81.8 Å². The summed E-state index contributed by atoms with van der Waals surface area (Å²) in [5.74, 6) is -0.363. The third-order valence-electron chi connectivity index (χ3n) is 7.53. The zero-order valence-electron chi connectivity index (χ0n) is 18.9. The van der Waals surface area contributed by atoms with Crippen LogP contribution in [0.15, 0.2) is 36.4 Å². The average Bonchev–Trinajstić information content (AvgIpc) is 2.89. The number of carbonyl (C=O) groups excluding carboxylic acids is 1. The average molecular weight is 426 g/mol. The highest BCUT2D eigenvalue weighted by Crippen LogP contribution is 2.61. The number of ether oxygens (including phenoxy) is 1. The molecule has 3 nitrogen and oxygen atoms in total. The zero-order valence-corrected chi connectivity index (χ0v) is 19.7. The number of anilines is 2. The van der Waals surface area contributed by atoms with E-state index in [4.69, 9.17) is 16.3 Å². The molecule has 0 bridgehead atoms. The van der Waals surface area contributed by atoms with E-state index in [-0.39, 0.29) is 22.3 Å². The molecule has 0 spiro atoms. The highest BCUT2D eigenvalue weighted by atomic mass is 35.5. The maximum absolute atomic E-state index is 12.3. The Labute approximate surface area is 185 Å². The lowest BCUT2D eigenvalue weighted by Crippen LogP contribution is -2.54. The number of methoxy groups -OCH3 is 1. The Bertz CT molecular complexity index is 1010. The second-order valence-corrected chi connectivity index (χ2v) is 10.8. The molecule has 2 aliphatic rings. The van der Waals surface area contributed by atoms with Crippen LogP contribution in [0.2, 0.25) is 5.02 Å². The molecule has 0 N–H and O–H groups in total. The Morgan fingerprint density at radius 1 is 1.07 bits per heavy atom. The van der Waals surface area contributed by atoms with Gasteiger partial charge in [0.15, 0.2) is 0 Å². The van der Waals surface area contributed by atoms with Gasteiger partial charge in [-0.15, -0.1) is 0 Å². The molecule has 2 atom stereocenters. The van der Waals surface area contributed by atoms with Gasteiger partial charge in [-0.2, -0.15) is 0 Å². The number of esters is 1. The lowest BCUT2D eigenvalue weighted by Gasteiger charge is -2.50. The van der Waals surface area contributed by atoms with Crippen molar-refractivity contribution in [2.24, 2.45) is 0 Å². The molecule has 160 valence electrons. The fraction of sp³-hybridized carbons (Fsp3) is 0.500. The largest absolute Gasteiger partial charge is 0.465 e. The highest BCUT2D eigenvalue weighted by molar-refractivity contribution is 6.31. The Hall–Kier alpha value is -2.00. The summed E-state index contributed by atoms with van der Waals surface area (Å²) >= 11 is 6.46. The third kappa shape index (κ3) is 3.05. The Morgan fingerprint density at radius 2 is 1.77 bits per heavy atom. The summed E-state index contributed by atoms with van der Waals surface area (Å²) in [6, 6.07) is 12.5. The highest BCUT2D eigenvalue weighted by Gasteiger charge is 2.57. The Morgan fingerprint density at radius 3 is 2.43 bits per heavy atom. The lowest BCUT2D eigenvalue weighted by molar-refractivity contribution is 0.0600. The number of halogens is 1. The summed E-state index contributed by atoms with van der Waals surface area (Å²) in [7, 11) is 1.40. The number of rotatable bonds is 2. The van der Waals surface area contributed by atoms with E-state index in [1.807, 2.05) is 12.1 Å². The molecule has 1 heterocycles. The first kappa shape index (κ1) is 21.2. The molecule has 2 unspecified atom stereocenters. The predicted octanol–water partition coefficient (Wildman–Crippen LogP) is 7.17. The van der Waals surface area contributed by atoms with E-state index in [9.17, 15) is 4.79 Å². The SMILES string of the molecule is COC(=O)c1cc(Cl)cc(N2c3ccc(C(C)(C)C)cc3C3(C)CCCCC23C)c1. The van der Waals surface area contributed by atoms with Gasteiger partial charge in [-0.05, 0) is 60.6 Å². The van der Waals surface area contributed by atoms with E-state index in [1.165, 1.54) is 36.8 Å². The molecule has 4 rings (SSSR count). The number of benzene rings is 2. The first-order valence-electron chi connectivity index (χ1n) is 10.9. The summed E-state index contributed by atoms with van der Waals surface area (Å²) in [4.78, 5) is 14.7. The van der Waals surface area contributed by atoms with Gasteiger partial charge in [0, 0.05) is 21.8 Å². The zero-order chi connectivity index (χ0) is 21.9. The molecule has 1 aliphatic heterocycles. The van der Waals surface area contributed by atoms with Gasteiger partial charge < -0.3 is 9.64 Å². The number of hydrogen-bond acceptors (Lipinski definition) is 3. The second kappa shape index (κ2) is 7.02. The number of nitrogens with zero attached hydrogens (tertiary/aromatic N) is 1. The fourth-order valence-corrected chi connectivity index (χ4v) is 5.77. The molecule has 4 heteroatoms. The number of fused-ring (bicyclic) bond motifs is 3. The molecule has 1 aliphatic carbocycles. The minimum atomic E-state index is -0.363. The van der Waals surface area contributed by atoms with Gasteiger partial charge in [0.2, 0.25) is 0 Å². The van der Waals surface area contributed by atoms with Crippen molar-refractivity contribution in [1.82, 2.24) is 0 Å². The molecule has 2 aromatic carbocycles. The first-order valence-corrected chi connectivity index (χ1v) is 11.2. The van der Waals surface area contributed by atoms with Gasteiger partial charge in [0.25, 0.3) is 0 Å². The predicted molar refractivity (Wildman–Crippen MR) is 124 cm³/mol. The molecule has 0 aromatic heterocycles. The molecule has 1 saturated carbocycles. The molecule has 1 fully saturated rings. The van der Waals surface area contributed by atoms with Crippen LogP contribution in [-0.2, 0) is 15.6 Å². The lowest BCUT2D eigenvalue weighted by atomic mass is 9.61. The summed E-state index contributed by atoms with van der Waals surface area (Å²) in [5, 5.41) is 0.550. The molecular formula is C26H32ClNO2. The molecule has 0 radical (unpaired) electrons. The van der Waals surface area contributed by atoms with Crippen LogP contribution >= 0.6 is 11.6 Å². The van der Waals surface area contributed by atoms with Crippen molar-refractivity contribution < 1.29 is 9.53 Å². The van der Waals surface area contributed by atoms with Crippen LogP contribution in [0, 0.1) is 0 Å². The number of hydrogen-bond donors (Lipinski definition) is 0. The quantitative estimate of drug-likeness (QED) is 0.477. The maximum Gasteiger partial charge on any atom is 0.337 e. The van der Waals surface area contributed by atoms with Crippen molar-refractivity contribution in [3.63, 3.8) is 0 Å². The van der Waals surface area contributed by atoms with E-state index in [2.05, 4.69) is 57.7 Å². The second-order valence-electron chi connectivity index (χ2n) is 10.3. The van der Waals surface area contributed by atoms with Crippen molar-refractivity contribution >= 4 is 28.9 Å². The molecule has 2 aromatic rings. The van der Waals surface area contributed by atoms with Crippen LogP contribution in [0.5, 0.6) is 0 Å². The standard InChI is InChI=1S/C26H32ClNO2/c1-24(2,3)18-9-10-22-21(15-18)25(4)11-7-8-12-26(25,5)28(22)20-14-17(23(29)30-6)13-19(27)16-20/h9-10,13-16H,7-8,11-12H2,1-6H3. The molecule has 30 heavy (non-hydrogen) atoms. The normalized spacial score (nSPS) is 25.6. The molecular weight excluding hydrogens is 394 g/mol. The summed E-state index contributed by atoms with van der Waals surface area (Å²) in [6.07, 6.45) is 4.70.